The molecule has 4 nitrogen and oxygen atoms in total. The van der Waals surface area contributed by atoms with Crippen LogP contribution < -0.4 is 10.1 Å². The molecule has 30 heavy (non-hydrogen) atoms. The molecule has 0 bridgehead atoms. The van der Waals surface area contributed by atoms with Gasteiger partial charge in [0.05, 0.1) is 0 Å². The SMILES string of the molecule is Cc1cc(-c2cccc(F)c2)cc(CNc2c(F)ccc(OCC(=O)O)c2F)c1C. The van der Waals surface area contributed by atoms with Crippen molar-refractivity contribution in [2.45, 2.75) is 20.4 Å². The Labute approximate surface area is 171 Å². The number of carboxylic acids is 1. The lowest BCUT2D eigenvalue weighted by Gasteiger charge is -2.16. The van der Waals surface area contributed by atoms with Gasteiger partial charge in [0.25, 0.3) is 0 Å². The number of nitrogens with one attached hydrogen (secondary N) is 1. The number of rotatable bonds is 7. The topological polar surface area (TPSA) is 58.6 Å². The number of anilines is 1. The monoisotopic (exact) mass is 415 g/mol. The van der Waals surface area contributed by atoms with Crippen molar-refractivity contribution in [2.24, 2.45) is 0 Å². The van der Waals surface area contributed by atoms with Crippen LogP contribution in [-0.4, -0.2) is 17.7 Å². The standard InChI is InChI=1S/C23H20F3NO3/c1-13-8-16(15-4-3-5-18(24)10-15)9-17(14(13)2)11-27-23-19(25)6-7-20(22(23)26)30-12-21(28)29/h3-10,27H,11-12H2,1-2H3,(H,28,29). The van der Waals surface area contributed by atoms with Crippen molar-refractivity contribution in [1.82, 2.24) is 0 Å². The molecule has 0 aliphatic carbocycles. The fraction of sp³-hybridized carbons (Fsp3) is 0.174. The summed E-state index contributed by atoms with van der Waals surface area (Å²) < 4.78 is 47.2. The number of halogens is 3. The van der Waals surface area contributed by atoms with E-state index in [0.717, 1.165) is 34.4 Å². The van der Waals surface area contributed by atoms with Gasteiger partial charge >= 0.3 is 5.97 Å². The Kier molecular flexibility index (Phi) is 6.30. The highest BCUT2D eigenvalue weighted by atomic mass is 19.1. The Morgan fingerprint density at radius 1 is 1.03 bits per heavy atom. The van der Waals surface area contributed by atoms with E-state index in [-0.39, 0.29) is 18.1 Å². The van der Waals surface area contributed by atoms with Gasteiger partial charge in [0.1, 0.15) is 17.3 Å². The predicted octanol–water partition coefficient (Wildman–Crippen LogP) is 5.46. The zero-order valence-electron chi connectivity index (χ0n) is 16.4. The van der Waals surface area contributed by atoms with Gasteiger partial charge < -0.3 is 15.2 Å². The molecule has 0 heterocycles. The number of hydrogen-bond acceptors (Lipinski definition) is 3. The zero-order chi connectivity index (χ0) is 21.8. The number of aryl methyl sites for hydroxylation is 1. The van der Waals surface area contributed by atoms with E-state index in [4.69, 9.17) is 9.84 Å². The van der Waals surface area contributed by atoms with Crippen LogP contribution in [0.2, 0.25) is 0 Å². The first kappa shape index (κ1) is 21.2. The predicted molar refractivity (Wildman–Crippen MR) is 108 cm³/mol. The highest BCUT2D eigenvalue weighted by Crippen LogP contribution is 2.30. The molecule has 0 radical (unpaired) electrons. The first-order valence-corrected chi connectivity index (χ1v) is 9.18. The molecule has 0 saturated heterocycles. The fourth-order valence-corrected chi connectivity index (χ4v) is 3.08. The average Bonchev–Trinajstić information content (AvgIpc) is 2.70. The molecular formula is C23H20F3NO3. The average molecular weight is 415 g/mol. The summed E-state index contributed by atoms with van der Waals surface area (Å²) in [4.78, 5) is 10.6. The number of hydrogen-bond donors (Lipinski definition) is 2. The van der Waals surface area contributed by atoms with E-state index in [0.29, 0.717) is 5.56 Å². The molecule has 2 N–H and O–H groups in total. The molecule has 0 fully saturated rings. The van der Waals surface area contributed by atoms with Gasteiger partial charge in [-0.05, 0) is 72.0 Å². The molecular weight excluding hydrogens is 395 g/mol. The lowest BCUT2D eigenvalue weighted by atomic mass is 9.95. The number of ether oxygens (including phenoxy) is 1. The van der Waals surface area contributed by atoms with Crippen LogP contribution in [-0.2, 0) is 11.3 Å². The van der Waals surface area contributed by atoms with E-state index in [2.05, 4.69) is 5.32 Å². The minimum atomic E-state index is -1.27. The van der Waals surface area contributed by atoms with E-state index in [1.807, 2.05) is 26.0 Å². The van der Waals surface area contributed by atoms with Crippen LogP contribution in [0.15, 0.2) is 48.5 Å². The molecule has 7 heteroatoms. The van der Waals surface area contributed by atoms with Crippen molar-refractivity contribution in [1.29, 1.82) is 0 Å². The van der Waals surface area contributed by atoms with Gasteiger partial charge in [0.15, 0.2) is 18.2 Å². The molecule has 0 aromatic heterocycles. The fourth-order valence-electron chi connectivity index (χ4n) is 3.08. The highest BCUT2D eigenvalue weighted by molar-refractivity contribution is 5.69. The molecule has 0 amide bonds. The van der Waals surface area contributed by atoms with Gasteiger partial charge in [-0.2, -0.15) is 0 Å². The molecule has 156 valence electrons. The zero-order valence-corrected chi connectivity index (χ0v) is 16.4. The maximum Gasteiger partial charge on any atom is 0.341 e. The molecule has 3 rings (SSSR count). The van der Waals surface area contributed by atoms with Crippen molar-refractivity contribution in [3.8, 4) is 16.9 Å². The molecule has 0 aliphatic heterocycles. The van der Waals surface area contributed by atoms with Crippen molar-refractivity contribution in [3.05, 3.63) is 82.7 Å². The third-order valence-corrected chi connectivity index (χ3v) is 4.80. The maximum absolute atomic E-state index is 14.6. The summed E-state index contributed by atoms with van der Waals surface area (Å²) in [6.45, 7) is 3.16. The van der Waals surface area contributed by atoms with Crippen LogP contribution >= 0.6 is 0 Å². The van der Waals surface area contributed by atoms with Gasteiger partial charge in [-0.1, -0.05) is 18.2 Å². The molecule has 3 aromatic carbocycles. The Hall–Kier alpha value is -3.48. The van der Waals surface area contributed by atoms with Crippen molar-refractivity contribution < 1.29 is 27.8 Å². The third-order valence-electron chi connectivity index (χ3n) is 4.80. The first-order valence-electron chi connectivity index (χ1n) is 9.18. The van der Waals surface area contributed by atoms with Gasteiger partial charge in [-0.15, -0.1) is 0 Å². The molecule has 0 aliphatic rings. The summed E-state index contributed by atoms with van der Waals surface area (Å²) in [6, 6.07) is 12.0. The second kappa shape index (κ2) is 8.90. The minimum absolute atomic E-state index is 0.103. The minimum Gasteiger partial charge on any atom is -0.479 e. The molecule has 0 atom stereocenters. The molecule has 0 spiro atoms. The highest BCUT2D eigenvalue weighted by Gasteiger charge is 2.16. The van der Waals surface area contributed by atoms with E-state index >= 15 is 0 Å². The summed E-state index contributed by atoms with van der Waals surface area (Å²) in [5.74, 6) is -3.82. The lowest BCUT2D eigenvalue weighted by molar-refractivity contribution is -0.139. The largest absolute Gasteiger partial charge is 0.479 e. The summed E-state index contributed by atoms with van der Waals surface area (Å²) in [5, 5.41) is 11.4. The summed E-state index contributed by atoms with van der Waals surface area (Å²) in [5.41, 5.74) is 3.74. The summed E-state index contributed by atoms with van der Waals surface area (Å²) >= 11 is 0. The van der Waals surface area contributed by atoms with Crippen LogP contribution in [0.25, 0.3) is 11.1 Å². The summed E-state index contributed by atoms with van der Waals surface area (Å²) in [6.07, 6.45) is 0. The molecule has 3 aromatic rings. The van der Waals surface area contributed by atoms with Crippen LogP contribution in [0, 0.1) is 31.3 Å². The first-order chi connectivity index (χ1) is 14.3. The smallest absolute Gasteiger partial charge is 0.341 e. The quantitative estimate of drug-likeness (QED) is 0.538. The van der Waals surface area contributed by atoms with Crippen LogP contribution in [0.4, 0.5) is 18.9 Å². The van der Waals surface area contributed by atoms with E-state index in [1.165, 1.54) is 12.1 Å². The number of aliphatic carboxylic acids is 1. The number of benzene rings is 3. The van der Waals surface area contributed by atoms with E-state index in [9.17, 15) is 18.0 Å². The second-order valence-electron chi connectivity index (χ2n) is 6.86. The van der Waals surface area contributed by atoms with Gasteiger partial charge in [0, 0.05) is 6.54 Å². The van der Waals surface area contributed by atoms with Crippen LogP contribution in [0.3, 0.4) is 0 Å². The van der Waals surface area contributed by atoms with Crippen molar-refractivity contribution >= 4 is 11.7 Å². The number of carbonyl (C=O) groups is 1. The van der Waals surface area contributed by atoms with Crippen LogP contribution in [0.1, 0.15) is 16.7 Å². The Balaban J connectivity index is 1.89. The lowest BCUT2D eigenvalue weighted by Crippen LogP contribution is -2.12. The molecule has 0 unspecified atom stereocenters. The Morgan fingerprint density at radius 3 is 2.50 bits per heavy atom. The summed E-state index contributed by atoms with van der Waals surface area (Å²) in [7, 11) is 0. The Morgan fingerprint density at radius 2 is 1.80 bits per heavy atom. The normalized spacial score (nSPS) is 10.7. The third kappa shape index (κ3) is 4.74. The second-order valence-corrected chi connectivity index (χ2v) is 6.86. The van der Waals surface area contributed by atoms with Gasteiger partial charge in [-0.25, -0.2) is 18.0 Å². The van der Waals surface area contributed by atoms with Gasteiger partial charge in [-0.3, -0.25) is 0 Å². The maximum atomic E-state index is 14.6. The van der Waals surface area contributed by atoms with Gasteiger partial charge in [0.2, 0.25) is 0 Å². The van der Waals surface area contributed by atoms with Crippen molar-refractivity contribution in [3.63, 3.8) is 0 Å². The van der Waals surface area contributed by atoms with Crippen LogP contribution in [0.5, 0.6) is 5.75 Å². The molecule has 0 saturated carbocycles. The number of carboxylic acid groups (broad SMARTS) is 1. The van der Waals surface area contributed by atoms with E-state index in [1.54, 1.807) is 12.1 Å². The van der Waals surface area contributed by atoms with E-state index < -0.39 is 29.9 Å². The van der Waals surface area contributed by atoms with Crippen molar-refractivity contribution in [2.75, 3.05) is 11.9 Å². The Bertz CT molecular complexity index is 1100.